The van der Waals surface area contributed by atoms with Crippen LogP contribution in [0.1, 0.15) is 19.3 Å². The van der Waals surface area contributed by atoms with E-state index in [2.05, 4.69) is 11.5 Å². The van der Waals surface area contributed by atoms with Crippen LogP contribution in [0.15, 0.2) is 6.08 Å². The van der Waals surface area contributed by atoms with Gasteiger partial charge in [0.2, 0.25) is 0 Å². The largest absolute Gasteiger partial charge is 0.121 e. The van der Waals surface area contributed by atoms with Gasteiger partial charge in [-0.25, -0.2) is 0 Å². The summed E-state index contributed by atoms with van der Waals surface area (Å²) in [5.74, 6) is 0.903. The van der Waals surface area contributed by atoms with Crippen LogP contribution in [-0.2, 0) is 0 Å². The Hall–Kier alpha value is 0.0900. The van der Waals surface area contributed by atoms with Crippen LogP contribution in [0.2, 0.25) is 0 Å². The van der Waals surface area contributed by atoms with E-state index in [0.717, 1.165) is 11.2 Å². The average Bonchev–Trinajstić information content (AvgIpc) is 2.15. The maximum atomic E-state index is 3.22. The molecule has 1 heteroatoms. The zero-order valence-electron chi connectivity index (χ0n) is 4.76. The molecule has 1 heterocycles. The third-order valence-corrected chi connectivity index (χ3v) is 3.17. The standard InChI is InChI=1S/C7H9S/c1-2-6-4-5-8-7(6)3-1/h4,6-7H,1-3H2. The molecule has 0 N–H and O–H groups in total. The molecule has 2 unspecified atom stereocenters. The highest BCUT2D eigenvalue weighted by atomic mass is 32.2. The summed E-state index contributed by atoms with van der Waals surface area (Å²) in [6, 6.07) is 0. The minimum atomic E-state index is 0.903. The lowest BCUT2D eigenvalue weighted by Gasteiger charge is -2.03. The van der Waals surface area contributed by atoms with Gasteiger partial charge in [-0.1, -0.05) is 12.5 Å². The van der Waals surface area contributed by atoms with Crippen molar-refractivity contribution in [2.75, 3.05) is 0 Å². The fourth-order valence-corrected chi connectivity index (χ4v) is 2.61. The van der Waals surface area contributed by atoms with Crippen molar-refractivity contribution in [3.05, 3.63) is 11.5 Å². The van der Waals surface area contributed by atoms with Crippen molar-refractivity contribution < 1.29 is 0 Å². The molecule has 1 radical (unpaired) electrons. The SMILES string of the molecule is [C]1=CC2CCCC2S1. The lowest BCUT2D eigenvalue weighted by molar-refractivity contribution is 0.709. The summed E-state index contributed by atoms with van der Waals surface area (Å²) in [4.78, 5) is 0. The zero-order chi connectivity index (χ0) is 5.40. The second kappa shape index (κ2) is 1.80. The van der Waals surface area contributed by atoms with E-state index in [4.69, 9.17) is 0 Å². The van der Waals surface area contributed by atoms with Crippen molar-refractivity contribution in [1.29, 1.82) is 0 Å². The highest BCUT2D eigenvalue weighted by molar-refractivity contribution is 8.01. The summed E-state index contributed by atoms with van der Waals surface area (Å²) in [7, 11) is 0. The molecule has 0 spiro atoms. The predicted molar refractivity (Wildman–Crippen MR) is 36.5 cm³/mol. The summed E-state index contributed by atoms with van der Waals surface area (Å²) < 4.78 is 0. The van der Waals surface area contributed by atoms with Gasteiger partial charge < -0.3 is 0 Å². The normalized spacial score (nSPS) is 43.0. The molecule has 0 bridgehead atoms. The van der Waals surface area contributed by atoms with Crippen molar-refractivity contribution in [3.8, 4) is 0 Å². The molecule has 0 saturated heterocycles. The van der Waals surface area contributed by atoms with Crippen LogP contribution in [0.4, 0.5) is 0 Å². The van der Waals surface area contributed by atoms with Gasteiger partial charge >= 0.3 is 0 Å². The first-order chi connectivity index (χ1) is 3.97. The Kier molecular flexibility index (Phi) is 1.11. The van der Waals surface area contributed by atoms with Gasteiger partial charge in [-0.05, 0) is 18.8 Å². The van der Waals surface area contributed by atoms with Crippen LogP contribution >= 0.6 is 11.8 Å². The third-order valence-electron chi connectivity index (χ3n) is 2.01. The van der Waals surface area contributed by atoms with E-state index in [1.807, 2.05) is 11.8 Å². The number of allylic oxidation sites excluding steroid dienone is 1. The molecule has 43 valence electrons. The Morgan fingerprint density at radius 1 is 1.50 bits per heavy atom. The Morgan fingerprint density at radius 2 is 2.50 bits per heavy atom. The van der Waals surface area contributed by atoms with Gasteiger partial charge in [0, 0.05) is 10.7 Å². The predicted octanol–water partition coefficient (Wildman–Crippen LogP) is 2.22. The Bertz CT molecular complexity index is 118. The van der Waals surface area contributed by atoms with Gasteiger partial charge in [-0.3, -0.25) is 0 Å². The lowest BCUT2D eigenvalue weighted by atomic mass is 10.1. The molecule has 1 aliphatic carbocycles. The molecule has 2 aliphatic rings. The molecule has 1 fully saturated rings. The fraction of sp³-hybridized carbons (Fsp3) is 0.714. The fourth-order valence-electron chi connectivity index (χ4n) is 1.51. The highest BCUT2D eigenvalue weighted by Gasteiger charge is 2.28. The molecule has 0 aromatic carbocycles. The molecule has 1 aliphatic heterocycles. The van der Waals surface area contributed by atoms with Crippen LogP contribution in [0.3, 0.4) is 0 Å². The van der Waals surface area contributed by atoms with Gasteiger partial charge in [0.1, 0.15) is 0 Å². The van der Waals surface area contributed by atoms with E-state index in [9.17, 15) is 0 Å². The van der Waals surface area contributed by atoms with Crippen LogP contribution in [0.5, 0.6) is 0 Å². The topological polar surface area (TPSA) is 0 Å². The van der Waals surface area contributed by atoms with E-state index in [0.29, 0.717) is 0 Å². The van der Waals surface area contributed by atoms with E-state index in [1.54, 1.807) is 0 Å². The van der Waals surface area contributed by atoms with Gasteiger partial charge in [0.05, 0.1) is 0 Å². The number of thioether (sulfide) groups is 1. The first kappa shape index (κ1) is 4.92. The molecule has 0 nitrogen and oxygen atoms in total. The molecule has 0 aromatic rings. The van der Waals surface area contributed by atoms with Crippen molar-refractivity contribution >= 4 is 11.8 Å². The van der Waals surface area contributed by atoms with Crippen molar-refractivity contribution in [1.82, 2.24) is 0 Å². The molecule has 1 saturated carbocycles. The van der Waals surface area contributed by atoms with E-state index >= 15 is 0 Å². The van der Waals surface area contributed by atoms with E-state index in [-0.39, 0.29) is 0 Å². The second-order valence-electron chi connectivity index (χ2n) is 2.54. The molecule has 0 amide bonds. The average molecular weight is 125 g/mol. The molecular formula is C7H9S. The first-order valence-electron chi connectivity index (χ1n) is 3.21. The lowest BCUT2D eigenvalue weighted by Crippen LogP contribution is -1.99. The molecular weight excluding hydrogens is 116 g/mol. The van der Waals surface area contributed by atoms with Crippen molar-refractivity contribution in [2.24, 2.45) is 5.92 Å². The molecule has 2 atom stereocenters. The van der Waals surface area contributed by atoms with Gasteiger partial charge in [-0.2, -0.15) is 0 Å². The summed E-state index contributed by atoms with van der Waals surface area (Å²) in [6.07, 6.45) is 6.55. The van der Waals surface area contributed by atoms with Crippen LogP contribution in [0.25, 0.3) is 0 Å². The summed E-state index contributed by atoms with van der Waals surface area (Å²) in [5, 5.41) is 4.14. The van der Waals surface area contributed by atoms with Crippen LogP contribution in [0, 0.1) is 11.3 Å². The van der Waals surface area contributed by atoms with E-state index in [1.165, 1.54) is 19.3 Å². The smallest absolute Gasteiger partial charge is 0.0171 e. The summed E-state index contributed by atoms with van der Waals surface area (Å²) >= 11 is 1.91. The quantitative estimate of drug-likeness (QED) is 0.478. The Balaban J connectivity index is 2.13. The van der Waals surface area contributed by atoms with Gasteiger partial charge in [0.15, 0.2) is 0 Å². The monoisotopic (exact) mass is 125 g/mol. The first-order valence-corrected chi connectivity index (χ1v) is 4.09. The van der Waals surface area contributed by atoms with Gasteiger partial charge in [-0.15, -0.1) is 11.8 Å². The summed E-state index contributed by atoms with van der Waals surface area (Å²) in [5.41, 5.74) is 0. The Labute approximate surface area is 54.4 Å². The number of hydrogen-bond acceptors (Lipinski definition) is 1. The highest BCUT2D eigenvalue weighted by Crippen LogP contribution is 2.40. The zero-order valence-corrected chi connectivity index (χ0v) is 5.58. The van der Waals surface area contributed by atoms with Crippen molar-refractivity contribution in [3.63, 3.8) is 0 Å². The maximum absolute atomic E-state index is 3.22. The van der Waals surface area contributed by atoms with Crippen molar-refractivity contribution in [2.45, 2.75) is 24.5 Å². The third kappa shape index (κ3) is 0.609. The minimum Gasteiger partial charge on any atom is -0.121 e. The maximum Gasteiger partial charge on any atom is 0.0171 e. The number of rotatable bonds is 0. The number of fused-ring (bicyclic) bond motifs is 1. The van der Waals surface area contributed by atoms with Gasteiger partial charge in [0.25, 0.3) is 0 Å². The number of hydrogen-bond donors (Lipinski definition) is 0. The minimum absolute atomic E-state index is 0.903. The van der Waals surface area contributed by atoms with E-state index < -0.39 is 0 Å². The molecule has 8 heavy (non-hydrogen) atoms. The second-order valence-corrected chi connectivity index (χ2v) is 3.61. The van der Waals surface area contributed by atoms with Crippen LogP contribution < -0.4 is 0 Å². The molecule has 2 rings (SSSR count). The van der Waals surface area contributed by atoms with Crippen LogP contribution in [-0.4, -0.2) is 5.25 Å². The Morgan fingerprint density at radius 3 is 3.38 bits per heavy atom. The summed E-state index contributed by atoms with van der Waals surface area (Å²) in [6.45, 7) is 0. The molecule has 0 aromatic heterocycles.